The Hall–Kier alpha value is -2.14. The molecule has 0 atom stereocenters. The van der Waals surface area contributed by atoms with Crippen molar-refractivity contribution >= 4 is 33.5 Å². The van der Waals surface area contributed by atoms with Crippen LogP contribution in [0.3, 0.4) is 0 Å². The van der Waals surface area contributed by atoms with Gasteiger partial charge in [-0.25, -0.2) is 4.79 Å². The van der Waals surface area contributed by atoms with Gasteiger partial charge in [-0.05, 0) is 41.8 Å². The molecule has 0 saturated carbocycles. The maximum absolute atomic E-state index is 11.9. The van der Waals surface area contributed by atoms with E-state index < -0.39 is 5.97 Å². The van der Waals surface area contributed by atoms with E-state index in [-0.39, 0.29) is 12.5 Å². The van der Waals surface area contributed by atoms with Crippen LogP contribution in [0.25, 0.3) is 0 Å². The van der Waals surface area contributed by atoms with Gasteiger partial charge in [-0.3, -0.25) is 4.79 Å². The van der Waals surface area contributed by atoms with Crippen LogP contribution in [0, 0.1) is 0 Å². The fourth-order valence-corrected chi connectivity index (χ4v) is 2.38. The van der Waals surface area contributed by atoms with Gasteiger partial charge < -0.3 is 10.1 Å². The second kappa shape index (κ2) is 7.92. The summed E-state index contributed by atoms with van der Waals surface area (Å²) in [5.41, 5.74) is 2.22. The molecule has 0 aliphatic heterocycles. The second-order valence-corrected chi connectivity index (χ2v) is 6.33. The van der Waals surface area contributed by atoms with Gasteiger partial charge >= 0.3 is 5.97 Å². The van der Waals surface area contributed by atoms with E-state index in [1.165, 1.54) is 0 Å². The van der Waals surface area contributed by atoms with E-state index in [1.54, 1.807) is 24.3 Å². The highest BCUT2D eigenvalue weighted by molar-refractivity contribution is 9.10. The lowest BCUT2D eigenvalue weighted by Crippen LogP contribution is -2.20. The van der Waals surface area contributed by atoms with Gasteiger partial charge in [0.25, 0.3) is 5.91 Å². The number of rotatable bonds is 5. The maximum Gasteiger partial charge on any atom is 0.338 e. The summed E-state index contributed by atoms with van der Waals surface area (Å²) in [6.45, 7) is 3.84. The van der Waals surface area contributed by atoms with Gasteiger partial charge in [-0.1, -0.05) is 48.0 Å². The summed E-state index contributed by atoms with van der Waals surface area (Å²) in [5.74, 6) is -0.490. The molecule has 1 N–H and O–H groups in total. The first-order valence-electron chi connectivity index (χ1n) is 7.28. The van der Waals surface area contributed by atoms with E-state index in [0.717, 1.165) is 10.0 Å². The zero-order valence-corrected chi connectivity index (χ0v) is 14.6. The average Bonchev–Trinajstić information content (AvgIpc) is 2.52. The Morgan fingerprint density at radius 1 is 1.13 bits per heavy atom. The van der Waals surface area contributed by atoms with E-state index in [4.69, 9.17) is 4.74 Å². The van der Waals surface area contributed by atoms with Gasteiger partial charge in [0.2, 0.25) is 0 Å². The molecule has 1 amide bonds. The number of hydrogen-bond donors (Lipinski definition) is 1. The molecule has 0 aliphatic carbocycles. The van der Waals surface area contributed by atoms with Crippen molar-refractivity contribution in [2.45, 2.75) is 19.8 Å². The first-order chi connectivity index (χ1) is 11.0. The minimum atomic E-state index is -0.510. The third kappa shape index (κ3) is 5.21. The summed E-state index contributed by atoms with van der Waals surface area (Å²) in [6.07, 6.45) is 0. The average molecular weight is 376 g/mol. The molecule has 2 aromatic carbocycles. The van der Waals surface area contributed by atoms with Crippen molar-refractivity contribution in [3.05, 3.63) is 64.1 Å². The molecular formula is C18H18BrNO3. The number of benzene rings is 2. The van der Waals surface area contributed by atoms with Crippen molar-refractivity contribution in [1.82, 2.24) is 0 Å². The van der Waals surface area contributed by atoms with Crippen LogP contribution in [0.15, 0.2) is 53.0 Å². The summed E-state index contributed by atoms with van der Waals surface area (Å²) in [5, 5.41) is 2.67. The minimum absolute atomic E-state index is 0.322. The topological polar surface area (TPSA) is 55.4 Å². The first-order valence-corrected chi connectivity index (χ1v) is 8.07. The molecule has 0 bridgehead atoms. The summed E-state index contributed by atoms with van der Waals surface area (Å²) < 4.78 is 5.89. The van der Waals surface area contributed by atoms with Crippen LogP contribution >= 0.6 is 15.9 Å². The minimum Gasteiger partial charge on any atom is -0.452 e. The van der Waals surface area contributed by atoms with Crippen molar-refractivity contribution in [1.29, 1.82) is 0 Å². The SMILES string of the molecule is CC(C)c1ccc(C(=O)OCC(=O)Nc2cccc(Br)c2)cc1. The van der Waals surface area contributed by atoms with Crippen LogP contribution in [0.5, 0.6) is 0 Å². The molecule has 0 saturated heterocycles. The Morgan fingerprint density at radius 3 is 2.43 bits per heavy atom. The molecule has 2 aromatic rings. The maximum atomic E-state index is 11.9. The van der Waals surface area contributed by atoms with Gasteiger partial charge in [0, 0.05) is 10.2 Å². The van der Waals surface area contributed by atoms with Crippen LogP contribution in [0.2, 0.25) is 0 Å². The van der Waals surface area contributed by atoms with Gasteiger partial charge in [-0.15, -0.1) is 0 Å². The lowest BCUT2D eigenvalue weighted by Gasteiger charge is -2.08. The first kappa shape index (κ1) is 17.2. The van der Waals surface area contributed by atoms with Crippen LogP contribution in [0.4, 0.5) is 5.69 Å². The molecule has 23 heavy (non-hydrogen) atoms. The third-order valence-corrected chi connectivity index (χ3v) is 3.75. The van der Waals surface area contributed by atoms with Crippen molar-refractivity contribution < 1.29 is 14.3 Å². The second-order valence-electron chi connectivity index (χ2n) is 5.41. The smallest absolute Gasteiger partial charge is 0.338 e. The summed E-state index contributed by atoms with van der Waals surface area (Å²) in [7, 11) is 0. The quantitative estimate of drug-likeness (QED) is 0.789. The molecule has 0 aliphatic rings. The molecule has 0 radical (unpaired) electrons. The Labute approximate surface area is 144 Å². The molecule has 0 fully saturated rings. The highest BCUT2D eigenvalue weighted by Crippen LogP contribution is 2.16. The monoisotopic (exact) mass is 375 g/mol. The highest BCUT2D eigenvalue weighted by Gasteiger charge is 2.11. The van der Waals surface area contributed by atoms with E-state index in [9.17, 15) is 9.59 Å². The van der Waals surface area contributed by atoms with Crippen LogP contribution < -0.4 is 5.32 Å². The Balaban J connectivity index is 1.87. The number of esters is 1. The van der Waals surface area contributed by atoms with Crippen LogP contribution in [-0.2, 0) is 9.53 Å². The van der Waals surface area contributed by atoms with Crippen molar-refractivity contribution in [2.24, 2.45) is 0 Å². The highest BCUT2D eigenvalue weighted by atomic mass is 79.9. The number of ether oxygens (including phenoxy) is 1. The molecule has 0 aromatic heterocycles. The standard InChI is InChI=1S/C18H18BrNO3/c1-12(2)13-6-8-14(9-7-13)18(22)23-11-17(21)20-16-5-3-4-15(19)10-16/h3-10,12H,11H2,1-2H3,(H,20,21). The number of carbonyl (C=O) groups excluding carboxylic acids is 2. The summed E-state index contributed by atoms with van der Waals surface area (Å²) >= 11 is 3.32. The molecular weight excluding hydrogens is 358 g/mol. The summed E-state index contributed by atoms with van der Waals surface area (Å²) in [4.78, 5) is 23.7. The number of anilines is 1. The Morgan fingerprint density at radius 2 is 1.83 bits per heavy atom. The number of hydrogen-bond acceptors (Lipinski definition) is 3. The molecule has 4 nitrogen and oxygen atoms in total. The molecule has 5 heteroatoms. The summed E-state index contributed by atoms with van der Waals surface area (Å²) in [6, 6.07) is 14.4. The van der Waals surface area contributed by atoms with Crippen molar-refractivity contribution in [3.8, 4) is 0 Å². The number of carbonyl (C=O) groups is 2. The normalized spacial score (nSPS) is 10.4. The van der Waals surface area contributed by atoms with Gasteiger partial charge in [0.15, 0.2) is 6.61 Å². The molecule has 120 valence electrons. The molecule has 0 heterocycles. The Kier molecular flexibility index (Phi) is 5.93. The molecule has 0 spiro atoms. The lowest BCUT2D eigenvalue weighted by atomic mass is 10.0. The van der Waals surface area contributed by atoms with Crippen molar-refractivity contribution in [2.75, 3.05) is 11.9 Å². The van der Waals surface area contributed by atoms with E-state index in [1.807, 2.05) is 24.3 Å². The van der Waals surface area contributed by atoms with E-state index >= 15 is 0 Å². The largest absolute Gasteiger partial charge is 0.452 e. The van der Waals surface area contributed by atoms with E-state index in [2.05, 4.69) is 35.1 Å². The fraction of sp³-hybridized carbons (Fsp3) is 0.222. The molecule has 2 rings (SSSR count). The van der Waals surface area contributed by atoms with Gasteiger partial charge in [-0.2, -0.15) is 0 Å². The predicted octanol–water partition coefficient (Wildman–Crippen LogP) is 4.37. The van der Waals surface area contributed by atoms with Gasteiger partial charge in [0.1, 0.15) is 0 Å². The lowest BCUT2D eigenvalue weighted by molar-refractivity contribution is -0.119. The third-order valence-electron chi connectivity index (χ3n) is 3.26. The zero-order chi connectivity index (χ0) is 16.8. The number of amides is 1. The Bertz CT molecular complexity index is 696. The van der Waals surface area contributed by atoms with Crippen molar-refractivity contribution in [3.63, 3.8) is 0 Å². The fourth-order valence-electron chi connectivity index (χ4n) is 1.98. The number of halogens is 1. The van der Waals surface area contributed by atoms with Crippen LogP contribution in [0.1, 0.15) is 35.7 Å². The van der Waals surface area contributed by atoms with Gasteiger partial charge in [0.05, 0.1) is 5.56 Å². The molecule has 0 unspecified atom stereocenters. The predicted molar refractivity (Wildman–Crippen MR) is 93.6 cm³/mol. The number of nitrogens with one attached hydrogen (secondary N) is 1. The zero-order valence-electron chi connectivity index (χ0n) is 13.0. The van der Waals surface area contributed by atoms with Crippen LogP contribution in [-0.4, -0.2) is 18.5 Å². The van der Waals surface area contributed by atoms with E-state index in [0.29, 0.717) is 17.2 Å².